The first-order valence-electron chi connectivity index (χ1n) is 6.01. The van der Waals surface area contributed by atoms with Crippen LogP contribution in [0.5, 0.6) is 0 Å². The molecule has 1 saturated carbocycles. The third-order valence-corrected chi connectivity index (χ3v) is 3.52. The molecule has 3 atom stereocenters. The Hall–Kier alpha value is -0.340. The van der Waals surface area contributed by atoms with Gasteiger partial charge in [0.05, 0.1) is 6.10 Å². The van der Waals surface area contributed by atoms with Crippen molar-refractivity contribution in [2.45, 2.75) is 44.8 Å². The highest BCUT2D eigenvalue weighted by atomic mass is 16.5. The number of ether oxygens (including phenoxy) is 1. The number of rotatable bonds is 5. The molecule has 88 valence electrons. The summed E-state index contributed by atoms with van der Waals surface area (Å²) in [5, 5.41) is 0. The lowest BCUT2D eigenvalue weighted by atomic mass is 9.84. The summed E-state index contributed by atoms with van der Waals surface area (Å²) in [6, 6.07) is 0.693. The van der Waals surface area contributed by atoms with Crippen LogP contribution in [0.3, 0.4) is 0 Å². The number of hydrogen-bond donors (Lipinski definition) is 0. The fourth-order valence-electron chi connectivity index (χ4n) is 2.54. The highest BCUT2D eigenvalue weighted by Crippen LogP contribution is 2.28. The molecule has 0 aromatic carbocycles. The molecule has 0 aliphatic heterocycles. The first-order chi connectivity index (χ1) is 7.17. The molecule has 2 heteroatoms. The minimum Gasteiger partial charge on any atom is -0.381 e. The molecule has 0 saturated heterocycles. The first kappa shape index (κ1) is 12.7. The molecule has 1 aliphatic rings. The van der Waals surface area contributed by atoms with E-state index in [1.165, 1.54) is 19.3 Å². The first-order valence-corrected chi connectivity index (χ1v) is 6.01. The summed E-state index contributed by atoms with van der Waals surface area (Å²) in [4.78, 5) is 2.46. The second-order valence-electron chi connectivity index (χ2n) is 4.88. The van der Waals surface area contributed by atoms with Crippen LogP contribution in [0.25, 0.3) is 0 Å². The van der Waals surface area contributed by atoms with E-state index in [0.717, 1.165) is 18.9 Å². The van der Waals surface area contributed by atoms with E-state index in [1.54, 1.807) is 0 Å². The molecular weight excluding hydrogens is 186 g/mol. The molecule has 0 bridgehead atoms. The standard InChI is InChI=1S/C13H25NO/c1-5-6-7-14(3)12-8-11(2)9-13(10-12)15-4/h5,11-13H,1,6-10H2,2-4H3. The molecule has 0 N–H and O–H groups in total. The average molecular weight is 211 g/mol. The van der Waals surface area contributed by atoms with Crippen molar-refractivity contribution in [1.82, 2.24) is 4.90 Å². The van der Waals surface area contributed by atoms with Crippen LogP contribution in [0.2, 0.25) is 0 Å². The Morgan fingerprint density at radius 3 is 2.73 bits per heavy atom. The molecule has 2 nitrogen and oxygen atoms in total. The van der Waals surface area contributed by atoms with Crippen molar-refractivity contribution in [1.29, 1.82) is 0 Å². The van der Waals surface area contributed by atoms with Gasteiger partial charge in [0, 0.05) is 19.7 Å². The van der Waals surface area contributed by atoms with E-state index in [1.807, 2.05) is 13.2 Å². The molecule has 3 unspecified atom stereocenters. The Morgan fingerprint density at radius 1 is 1.40 bits per heavy atom. The minimum atomic E-state index is 0.463. The fourth-order valence-corrected chi connectivity index (χ4v) is 2.54. The van der Waals surface area contributed by atoms with Crippen molar-refractivity contribution >= 4 is 0 Å². The van der Waals surface area contributed by atoms with Gasteiger partial charge in [-0.1, -0.05) is 13.0 Å². The summed E-state index contributed by atoms with van der Waals surface area (Å²) in [7, 11) is 4.06. The molecule has 1 rings (SSSR count). The maximum absolute atomic E-state index is 5.50. The van der Waals surface area contributed by atoms with Gasteiger partial charge in [-0.15, -0.1) is 6.58 Å². The topological polar surface area (TPSA) is 12.5 Å². The van der Waals surface area contributed by atoms with Crippen LogP contribution in [-0.4, -0.2) is 37.7 Å². The van der Waals surface area contributed by atoms with Crippen molar-refractivity contribution in [2.75, 3.05) is 20.7 Å². The summed E-state index contributed by atoms with van der Waals surface area (Å²) in [5.41, 5.74) is 0. The van der Waals surface area contributed by atoms with Crippen LogP contribution in [-0.2, 0) is 4.74 Å². The summed E-state index contributed by atoms with van der Waals surface area (Å²) < 4.78 is 5.50. The molecule has 0 heterocycles. The molecule has 1 fully saturated rings. The second-order valence-corrected chi connectivity index (χ2v) is 4.88. The monoisotopic (exact) mass is 211 g/mol. The highest BCUT2D eigenvalue weighted by Gasteiger charge is 2.28. The summed E-state index contributed by atoms with van der Waals surface area (Å²) in [5.74, 6) is 0.792. The van der Waals surface area contributed by atoms with Gasteiger partial charge in [-0.3, -0.25) is 0 Å². The quantitative estimate of drug-likeness (QED) is 0.648. The lowest BCUT2D eigenvalue weighted by Crippen LogP contribution is -2.41. The third-order valence-electron chi connectivity index (χ3n) is 3.52. The van der Waals surface area contributed by atoms with Crippen LogP contribution < -0.4 is 0 Å². The lowest BCUT2D eigenvalue weighted by molar-refractivity contribution is 0.0164. The van der Waals surface area contributed by atoms with Gasteiger partial charge >= 0.3 is 0 Å². The molecular formula is C13H25NO. The Kier molecular flexibility index (Phi) is 5.34. The maximum atomic E-state index is 5.50. The van der Waals surface area contributed by atoms with E-state index < -0.39 is 0 Å². The van der Waals surface area contributed by atoms with E-state index in [9.17, 15) is 0 Å². The summed E-state index contributed by atoms with van der Waals surface area (Å²) in [6.07, 6.45) is 7.27. The zero-order valence-corrected chi connectivity index (χ0v) is 10.4. The molecule has 1 aliphatic carbocycles. The van der Waals surface area contributed by atoms with Crippen molar-refractivity contribution < 1.29 is 4.74 Å². The van der Waals surface area contributed by atoms with Crippen molar-refractivity contribution in [2.24, 2.45) is 5.92 Å². The zero-order chi connectivity index (χ0) is 11.3. The lowest BCUT2D eigenvalue weighted by Gasteiger charge is -2.37. The Bertz CT molecular complexity index is 193. The maximum Gasteiger partial charge on any atom is 0.0588 e. The molecule has 0 aromatic rings. The molecule has 0 aromatic heterocycles. The van der Waals surface area contributed by atoms with Gasteiger partial charge in [0.1, 0.15) is 0 Å². The van der Waals surface area contributed by atoms with E-state index in [0.29, 0.717) is 12.1 Å². The molecule has 0 amide bonds. The number of hydrogen-bond acceptors (Lipinski definition) is 2. The normalized spacial score (nSPS) is 31.9. The molecule has 15 heavy (non-hydrogen) atoms. The van der Waals surface area contributed by atoms with Crippen LogP contribution in [0, 0.1) is 5.92 Å². The summed E-state index contributed by atoms with van der Waals surface area (Å²) in [6.45, 7) is 7.23. The van der Waals surface area contributed by atoms with Gasteiger partial charge in [0.25, 0.3) is 0 Å². The number of nitrogens with zero attached hydrogens (tertiary/aromatic N) is 1. The largest absolute Gasteiger partial charge is 0.381 e. The van der Waals surface area contributed by atoms with Gasteiger partial charge in [-0.05, 0) is 38.6 Å². The smallest absolute Gasteiger partial charge is 0.0588 e. The van der Waals surface area contributed by atoms with Crippen LogP contribution in [0.4, 0.5) is 0 Å². The van der Waals surface area contributed by atoms with Gasteiger partial charge in [-0.2, -0.15) is 0 Å². The van der Waals surface area contributed by atoms with E-state index >= 15 is 0 Å². The molecule has 0 radical (unpaired) electrons. The van der Waals surface area contributed by atoms with E-state index in [4.69, 9.17) is 4.74 Å². The Balaban J connectivity index is 2.42. The van der Waals surface area contributed by atoms with Crippen LogP contribution in [0.15, 0.2) is 12.7 Å². The van der Waals surface area contributed by atoms with Crippen molar-refractivity contribution in [3.8, 4) is 0 Å². The average Bonchev–Trinajstić information content (AvgIpc) is 2.24. The van der Waals surface area contributed by atoms with E-state index in [-0.39, 0.29) is 0 Å². The second kappa shape index (κ2) is 6.29. The highest BCUT2D eigenvalue weighted by molar-refractivity contribution is 4.83. The van der Waals surface area contributed by atoms with E-state index in [2.05, 4.69) is 25.5 Å². The van der Waals surface area contributed by atoms with Gasteiger partial charge < -0.3 is 9.64 Å². The van der Waals surface area contributed by atoms with Crippen molar-refractivity contribution in [3.63, 3.8) is 0 Å². The Labute approximate surface area is 94.3 Å². The van der Waals surface area contributed by atoms with Gasteiger partial charge in [0.2, 0.25) is 0 Å². The van der Waals surface area contributed by atoms with Crippen LogP contribution in [0.1, 0.15) is 32.6 Å². The molecule has 0 spiro atoms. The zero-order valence-electron chi connectivity index (χ0n) is 10.4. The van der Waals surface area contributed by atoms with Gasteiger partial charge in [0.15, 0.2) is 0 Å². The van der Waals surface area contributed by atoms with Gasteiger partial charge in [-0.25, -0.2) is 0 Å². The Morgan fingerprint density at radius 2 is 2.13 bits per heavy atom. The predicted octanol–water partition coefficient (Wildman–Crippen LogP) is 2.70. The minimum absolute atomic E-state index is 0.463. The fraction of sp³-hybridized carbons (Fsp3) is 0.846. The third kappa shape index (κ3) is 3.96. The van der Waals surface area contributed by atoms with Crippen LogP contribution >= 0.6 is 0 Å². The SMILES string of the molecule is C=CCCN(C)C1CC(C)CC(OC)C1. The van der Waals surface area contributed by atoms with Crippen molar-refractivity contribution in [3.05, 3.63) is 12.7 Å². The predicted molar refractivity (Wildman–Crippen MR) is 65.0 cm³/mol. The summed E-state index contributed by atoms with van der Waals surface area (Å²) >= 11 is 0. The number of methoxy groups -OCH3 is 1.